The number of carboxylic acids is 1. The lowest BCUT2D eigenvalue weighted by atomic mass is 10.1. The molecule has 2 aromatic heterocycles. The second kappa shape index (κ2) is 6.73. The smallest absolute Gasteiger partial charge is 0.335 e. The van der Waals surface area contributed by atoms with Crippen molar-refractivity contribution < 1.29 is 14.6 Å². The normalized spacial score (nSPS) is 17.7. The number of aromatic carboxylic acids is 1. The molecule has 1 N–H and O–H groups in total. The number of nitrogens with zero attached hydrogens (tertiary/aromatic N) is 4. The van der Waals surface area contributed by atoms with Gasteiger partial charge in [0.05, 0.1) is 28.6 Å². The molecule has 8 heteroatoms. The van der Waals surface area contributed by atoms with E-state index in [2.05, 4.69) is 15.3 Å². The average Bonchev–Trinajstić information content (AvgIpc) is 3.33. The van der Waals surface area contributed by atoms with E-state index in [1.165, 1.54) is 11.3 Å². The van der Waals surface area contributed by atoms with Gasteiger partial charge in [-0.1, -0.05) is 5.21 Å². The second-order valence-corrected chi connectivity index (χ2v) is 7.03. The first-order valence-electron chi connectivity index (χ1n) is 7.97. The first-order chi connectivity index (χ1) is 12.2. The third-order valence-corrected chi connectivity index (χ3v) is 5.06. The Bertz CT molecular complexity index is 940. The highest BCUT2D eigenvalue weighted by molar-refractivity contribution is 7.19. The summed E-state index contributed by atoms with van der Waals surface area (Å²) in [4.78, 5) is 15.5. The Kier molecular flexibility index (Phi) is 4.29. The minimum atomic E-state index is -0.934. The maximum Gasteiger partial charge on any atom is 0.335 e. The van der Waals surface area contributed by atoms with Gasteiger partial charge in [0.25, 0.3) is 0 Å². The van der Waals surface area contributed by atoms with Gasteiger partial charge in [0.1, 0.15) is 10.7 Å². The van der Waals surface area contributed by atoms with Crippen LogP contribution in [0.3, 0.4) is 0 Å². The van der Waals surface area contributed by atoms with Crippen molar-refractivity contribution in [2.45, 2.75) is 13.0 Å². The molecule has 0 saturated carbocycles. The molecule has 0 aliphatic carbocycles. The zero-order valence-corrected chi connectivity index (χ0v) is 14.1. The third-order valence-electron chi connectivity index (χ3n) is 4.07. The zero-order valence-electron chi connectivity index (χ0n) is 13.3. The number of carboxylic acid groups (broad SMARTS) is 1. The molecule has 7 nitrogen and oxygen atoms in total. The summed E-state index contributed by atoms with van der Waals surface area (Å²) in [6.07, 6.45) is 6.71. The minimum absolute atomic E-state index is 0.269. The van der Waals surface area contributed by atoms with Crippen molar-refractivity contribution >= 4 is 39.7 Å². The van der Waals surface area contributed by atoms with Gasteiger partial charge in [-0.05, 0) is 36.8 Å². The lowest BCUT2D eigenvalue weighted by molar-refractivity contribution is 0.0697. The number of carbonyl (C=O) groups is 1. The van der Waals surface area contributed by atoms with Crippen LogP contribution >= 0.6 is 11.3 Å². The molecule has 1 aliphatic heterocycles. The Morgan fingerprint density at radius 1 is 1.44 bits per heavy atom. The fourth-order valence-electron chi connectivity index (χ4n) is 2.77. The number of hydrogen-bond acceptors (Lipinski definition) is 6. The number of thiazole rings is 1. The van der Waals surface area contributed by atoms with Crippen LogP contribution in [0.15, 0.2) is 24.4 Å². The maximum atomic E-state index is 11.0. The molecular weight excluding hydrogens is 340 g/mol. The van der Waals surface area contributed by atoms with E-state index in [-0.39, 0.29) is 5.56 Å². The van der Waals surface area contributed by atoms with Crippen LogP contribution in [0.1, 0.15) is 27.5 Å². The average molecular weight is 356 g/mol. The Balaban J connectivity index is 1.48. The first-order valence-corrected chi connectivity index (χ1v) is 8.79. The SMILES string of the molecule is O=C(O)c1ccc2nc(C=Cc3cn(CC4CCOC4)nn3)sc2c1. The van der Waals surface area contributed by atoms with Crippen LogP contribution in [0.25, 0.3) is 22.4 Å². The molecule has 1 aliphatic rings. The highest BCUT2D eigenvalue weighted by Gasteiger charge is 2.16. The number of hydrogen-bond donors (Lipinski definition) is 1. The van der Waals surface area contributed by atoms with Crippen molar-refractivity contribution in [1.29, 1.82) is 0 Å². The van der Waals surface area contributed by atoms with Crippen LogP contribution in [-0.4, -0.2) is 44.3 Å². The molecule has 0 amide bonds. The third kappa shape index (κ3) is 3.59. The molecule has 1 saturated heterocycles. The minimum Gasteiger partial charge on any atom is -0.478 e. The predicted molar refractivity (Wildman–Crippen MR) is 94.5 cm³/mol. The van der Waals surface area contributed by atoms with E-state index in [4.69, 9.17) is 9.84 Å². The summed E-state index contributed by atoms with van der Waals surface area (Å²) < 4.78 is 8.07. The summed E-state index contributed by atoms with van der Waals surface area (Å²) in [7, 11) is 0. The van der Waals surface area contributed by atoms with Gasteiger partial charge < -0.3 is 9.84 Å². The van der Waals surface area contributed by atoms with E-state index >= 15 is 0 Å². The Hall–Kier alpha value is -2.58. The zero-order chi connectivity index (χ0) is 17.2. The van der Waals surface area contributed by atoms with Crippen molar-refractivity contribution in [3.8, 4) is 0 Å². The first kappa shape index (κ1) is 15.9. The molecule has 0 bridgehead atoms. The largest absolute Gasteiger partial charge is 0.478 e. The second-order valence-electron chi connectivity index (χ2n) is 5.97. The van der Waals surface area contributed by atoms with Crippen LogP contribution in [-0.2, 0) is 11.3 Å². The molecular formula is C17H16N4O3S. The summed E-state index contributed by atoms with van der Waals surface area (Å²) in [5.74, 6) is -0.428. The molecule has 3 heterocycles. The fraction of sp³-hybridized carbons (Fsp3) is 0.294. The molecule has 128 valence electrons. The van der Waals surface area contributed by atoms with Crippen LogP contribution in [0.2, 0.25) is 0 Å². The fourth-order valence-corrected chi connectivity index (χ4v) is 3.68. The molecule has 0 radical (unpaired) electrons. The Labute approximate surface area is 147 Å². The van der Waals surface area contributed by atoms with Gasteiger partial charge >= 0.3 is 5.97 Å². The van der Waals surface area contributed by atoms with Gasteiger partial charge in [-0.25, -0.2) is 9.78 Å². The summed E-state index contributed by atoms with van der Waals surface area (Å²) in [6, 6.07) is 4.94. The summed E-state index contributed by atoms with van der Waals surface area (Å²) in [5.41, 5.74) is 1.83. The van der Waals surface area contributed by atoms with Gasteiger partial charge in [-0.2, -0.15) is 0 Å². The number of fused-ring (bicyclic) bond motifs is 1. The van der Waals surface area contributed by atoms with E-state index in [0.29, 0.717) is 5.92 Å². The number of rotatable bonds is 5. The van der Waals surface area contributed by atoms with Crippen molar-refractivity contribution in [1.82, 2.24) is 20.0 Å². The van der Waals surface area contributed by atoms with E-state index in [1.54, 1.807) is 18.2 Å². The molecule has 4 rings (SSSR count). The van der Waals surface area contributed by atoms with Crippen LogP contribution in [0.4, 0.5) is 0 Å². The van der Waals surface area contributed by atoms with E-state index in [0.717, 1.165) is 47.1 Å². The van der Waals surface area contributed by atoms with Gasteiger partial charge in [-0.3, -0.25) is 4.68 Å². The van der Waals surface area contributed by atoms with Crippen molar-refractivity contribution in [3.63, 3.8) is 0 Å². The summed E-state index contributed by atoms with van der Waals surface area (Å²) >= 11 is 1.45. The number of ether oxygens (including phenoxy) is 1. The molecule has 0 spiro atoms. The molecule has 3 aromatic rings. The molecule has 25 heavy (non-hydrogen) atoms. The van der Waals surface area contributed by atoms with Crippen molar-refractivity contribution in [3.05, 3.63) is 40.7 Å². The van der Waals surface area contributed by atoms with Gasteiger partial charge in [0.15, 0.2) is 0 Å². The van der Waals surface area contributed by atoms with E-state index in [1.807, 2.05) is 23.0 Å². The predicted octanol–water partition coefficient (Wildman–Crippen LogP) is 2.79. The highest BCUT2D eigenvalue weighted by atomic mass is 32.1. The van der Waals surface area contributed by atoms with Gasteiger partial charge in [0.2, 0.25) is 0 Å². The maximum absolute atomic E-state index is 11.0. The Morgan fingerprint density at radius 2 is 2.36 bits per heavy atom. The monoisotopic (exact) mass is 356 g/mol. The number of benzene rings is 1. The molecule has 1 fully saturated rings. The van der Waals surface area contributed by atoms with Crippen LogP contribution in [0.5, 0.6) is 0 Å². The van der Waals surface area contributed by atoms with Gasteiger partial charge in [0, 0.05) is 19.1 Å². The quantitative estimate of drug-likeness (QED) is 0.756. The standard InChI is InChI=1S/C17H16N4O3S/c22-17(23)12-1-3-14-15(7-12)25-16(18-14)4-2-13-9-21(20-19-13)8-11-5-6-24-10-11/h1-4,7,9,11H,5-6,8,10H2,(H,22,23). The lowest BCUT2D eigenvalue weighted by Crippen LogP contribution is -2.10. The topological polar surface area (TPSA) is 90.1 Å². The summed E-state index contributed by atoms with van der Waals surface area (Å²) in [5, 5.41) is 18.1. The number of aromatic nitrogens is 4. The Morgan fingerprint density at radius 3 is 3.16 bits per heavy atom. The van der Waals surface area contributed by atoms with E-state index in [9.17, 15) is 4.79 Å². The van der Waals surface area contributed by atoms with Crippen molar-refractivity contribution in [2.75, 3.05) is 13.2 Å². The molecule has 1 atom stereocenters. The molecule has 1 aromatic carbocycles. The van der Waals surface area contributed by atoms with Crippen LogP contribution < -0.4 is 0 Å². The summed E-state index contributed by atoms with van der Waals surface area (Å²) in [6.45, 7) is 2.43. The molecule has 1 unspecified atom stereocenters. The lowest BCUT2D eigenvalue weighted by Gasteiger charge is -2.05. The van der Waals surface area contributed by atoms with Gasteiger partial charge in [-0.15, -0.1) is 16.4 Å². The van der Waals surface area contributed by atoms with E-state index < -0.39 is 5.97 Å². The highest BCUT2D eigenvalue weighted by Crippen LogP contribution is 2.24. The van der Waals surface area contributed by atoms with Crippen molar-refractivity contribution in [2.24, 2.45) is 5.92 Å². The van der Waals surface area contributed by atoms with Crippen LogP contribution in [0, 0.1) is 5.92 Å².